The fourth-order valence-corrected chi connectivity index (χ4v) is 3.83. The van der Waals surface area contributed by atoms with E-state index in [0.29, 0.717) is 18.4 Å². The maximum Gasteiger partial charge on any atom is 0.307 e. The number of amides is 1. The highest BCUT2D eigenvalue weighted by Gasteiger charge is 2.44. The molecule has 1 aliphatic heterocycles. The van der Waals surface area contributed by atoms with Crippen LogP contribution in [0, 0.1) is 17.8 Å². The van der Waals surface area contributed by atoms with Crippen molar-refractivity contribution in [3.8, 4) is 0 Å². The Morgan fingerprint density at radius 1 is 1.24 bits per heavy atom. The van der Waals surface area contributed by atoms with E-state index in [2.05, 4.69) is 11.8 Å². The van der Waals surface area contributed by atoms with Gasteiger partial charge in [-0.2, -0.15) is 0 Å². The summed E-state index contributed by atoms with van der Waals surface area (Å²) in [6.07, 6.45) is 4.49. The second kappa shape index (κ2) is 6.77. The van der Waals surface area contributed by atoms with Gasteiger partial charge in [-0.05, 0) is 45.7 Å². The van der Waals surface area contributed by atoms with Crippen LogP contribution in [0.25, 0.3) is 0 Å². The van der Waals surface area contributed by atoms with Crippen LogP contribution in [-0.2, 0) is 9.59 Å². The third-order valence-electron chi connectivity index (χ3n) is 5.31. The molecule has 0 aromatic rings. The van der Waals surface area contributed by atoms with E-state index >= 15 is 0 Å². The van der Waals surface area contributed by atoms with Gasteiger partial charge in [0, 0.05) is 19.1 Å². The molecule has 1 N–H and O–H groups in total. The van der Waals surface area contributed by atoms with Gasteiger partial charge in [0.15, 0.2) is 0 Å². The van der Waals surface area contributed by atoms with Crippen molar-refractivity contribution in [3.05, 3.63) is 0 Å². The topological polar surface area (TPSA) is 60.9 Å². The van der Waals surface area contributed by atoms with E-state index < -0.39 is 11.9 Å². The van der Waals surface area contributed by atoms with Crippen LogP contribution in [0.2, 0.25) is 0 Å². The van der Waals surface area contributed by atoms with Gasteiger partial charge >= 0.3 is 5.97 Å². The summed E-state index contributed by atoms with van der Waals surface area (Å²) in [4.78, 5) is 28.3. The van der Waals surface area contributed by atoms with Crippen LogP contribution in [0.3, 0.4) is 0 Å². The van der Waals surface area contributed by atoms with Crippen molar-refractivity contribution in [3.63, 3.8) is 0 Å². The summed E-state index contributed by atoms with van der Waals surface area (Å²) in [7, 11) is 4.09. The SMILES string of the molecule is CCC1C[C@H](C(=O)N2CCCC(N(C)C)C2)[C@H](C(=O)O)C1. The Morgan fingerprint density at radius 2 is 1.90 bits per heavy atom. The molecule has 120 valence electrons. The monoisotopic (exact) mass is 296 g/mol. The number of aliphatic carboxylic acids is 1. The standard InChI is InChI=1S/C16H28N2O3/c1-4-11-8-13(14(9-11)16(20)21)15(19)18-7-5-6-12(10-18)17(2)3/h11-14H,4-10H2,1-3H3,(H,20,21)/t11?,12?,13-,14+/m0/s1. The lowest BCUT2D eigenvalue weighted by molar-refractivity contribution is -0.149. The molecule has 5 heteroatoms. The Balaban J connectivity index is 2.05. The Bertz CT molecular complexity index is 397. The summed E-state index contributed by atoms with van der Waals surface area (Å²) < 4.78 is 0. The van der Waals surface area contributed by atoms with Gasteiger partial charge in [-0.15, -0.1) is 0 Å². The van der Waals surface area contributed by atoms with Gasteiger partial charge in [0.1, 0.15) is 0 Å². The van der Waals surface area contributed by atoms with E-state index in [1.165, 1.54) is 0 Å². The molecular formula is C16H28N2O3. The number of likely N-dealkylation sites (tertiary alicyclic amines) is 1. The number of carbonyl (C=O) groups is 2. The van der Waals surface area contributed by atoms with Crippen molar-refractivity contribution in [2.75, 3.05) is 27.2 Å². The Labute approximate surface area is 127 Å². The molecule has 1 saturated heterocycles. The normalized spacial score (nSPS) is 33.4. The number of likely N-dealkylation sites (N-methyl/N-ethyl adjacent to an activating group) is 1. The van der Waals surface area contributed by atoms with Crippen LogP contribution in [0.5, 0.6) is 0 Å². The molecule has 1 amide bonds. The van der Waals surface area contributed by atoms with Gasteiger partial charge in [-0.3, -0.25) is 9.59 Å². The number of piperidine rings is 1. The molecule has 2 unspecified atom stereocenters. The van der Waals surface area contributed by atoms with Gasteiger partial charge < -0.3 is 14.9 Å². The molecule has 4 atom stereocenters. The Hall–Kier alpha value is -1.10. The van der Waals surface area contributed by atoms with Gasteiger partial charge in [-0.1, -0.05) is 13.3 Å². The van der Waals surface area contributed by atoms with Crippen molar-refractivity contribution < 1.29 is 14.7 Å². The molecule has 0 spiro atoms. The third-order valence-corrected chi connectivity index (χ3v) is 5.31. The number of rotatable bonds is 4. The Morgan fingerprint density at radius 3 is 2.48 bits per heavy atom. The number of hydrogen-bond donors (Lipinski definition) is 1. The lowest BCUT2D eigenvalue weighted by atomic mass is 9.93. The summed E-state index contributed by atoms with van der Waals surface area (Å²) in [6.45, 7) is 3.60. The van der Waals surface area contributed by atoms with Crippen LogP contribution >= 0.6 is 0 Å². The predicted octanol–water partition coefficient (Wildman–Crippen LogP) is 1.68. The highest BCUT2D eigenvalue weighted by Crippen LogP contribution is 2.39. The maximum atomic E-state index is 12.8. The lowest BCUT2D eigenvalue weighted by Gasteiger charge is -2.37. The first-order valence-corrected chi connectivity index (χ1v) is 8.12. The maximum absolute atomic E-state index is 12.8. The van der Waals surface area contributed by atoms with Crippen molar-refractivity contribution in [1.29, 1.82) is 0 Å². The number of hydrogen-bond acceptors (Lipinski definition) is 3. The van der Waals surface area contributed by atoms with Crippen LogP contribution in [0.15, 0.2) is 0 Å². The van der Waals surface area contributed by atoms with Gasteiger partial charge in [0.2, 0.25) is 5.91 Å². The van der Waals surface area contributed by atoms with E-state index in [4.69, 9.17) is 0 Å². The summed E-state index contributed by atoms with van der Waals surface area (Å²) in [5.74, 6) is -1.14. The molecule has 1 saturated carbocycles. The lowest BCUT2D eigenvalue weighted by Crippen LogP contribution is -2.50. The zero-order valence-corrected chi connectivity index (χ0v) is 13.4. The van der Waals surface area contributed by atoms with E-state index in [1.54, 1.807) is 0 Å². The van der Waals surface area contributed by atoms with Crippen LogP contribution < -0.4 is 0 Å². The van der Waals surface area contributed by atoms with Crippen LogP contribution in [0.1, 0.15) is 39.0 Å². The summed E-state index contributed by atoms with van der Waals surface area (Å²) in [5, 5.41) is 9.41. The molecule has 0 bridgehead atoms. The van der Waals surface area contributed by atoms with Crippen LogP contribution in [-0.4, -0.2) is 60.0 Å². The largest absolute Gasteiger partial charge is 0.481 e. The van der Waals surface area contributed by atoms with E-state index in [0.717, 1.165) is 38.8 Å². The van der Waals surface area contributed by atoms with Gasteiger partial charge in [0.25, 0.3) is 0 Å². The number of carboxylic acid groups (broad SMARTS) is 1. The predicted molar refractivity (Wildman–Crippen MR) is 80.9 cm³/mol. The number of nitrogens with zero attached hydrogens (tertiary/aromatic N) is 2. The molecule has 2 fully saturated rings. The molecule has 0 aromatic carbocycles. The fraction of sp³-hybridized carbons (Fsp3) is 0.875. The molecule has 2 aliphatic rings. The quantitative estimate of drug-likeness (QED) is 0.857. The smallest absolute Gasteiger partial charge is 0.307 e. The molecule has 5 nitrogen and oxygen atoms in total. The van der Waals surface area contributed by atoms with E-state index in [9.17, 15) is 14.7 Å². The molecule has 0 aromatic heterocycles. The second-order valence-electron chi connectivity index (χ2n) is 6.84. The second-order valence-corrected chi connectivity index (χ2v) is 6.84. The fourth-order valence-electron chi connectivity index (χ4n) is 3.83. The molecule has 0 radical (unpaired) electrons. The van der Waals surface area contributed by atoms with Crippen molar-refractivity contribution >= 4 is 11.9 Å². The zero-order valence-electron chi connectivity index (χ0n) is 13.4. The Kier molecular flexibility index (Phi) is 5.25. The van der Waals surface area contributed by atoms with E-state index in [-0.39, 0.29) is 11.8 Å². The first-order chi connectivity index (χ1) is 9.93. The molecule has 2 rings (SSSR count). The van der Waals surface area contributed by atoms with E-state index in [1.807, 2.05) is 19.0 Å². The number of carboxylic acids is 1. The highest BCUT2D eigenvalue weighted by atomic mass is 16.4. The average molecular weight is 296 g/mol. The molecule has 1 heterocycles. The summed E-state index contributed by atoms with van der Waals surface area (Å²) >= 11 is 0. The summed E-state index contributed by atoms with van der Waals surface area (Å²) in [5.41, 5.74) is 0. The van der Waals surface area contributed by atoms with Crippen molar-refractivity contribution in [1.82, 2.24) is 9.80 Å². The van der Waals surface area contributed by atoms with Crippen LogP contribution in [0.4, 0.5) is 0 Å². The first-order valence-electron chi connectivity index (χ1n) is 8.12. The molecular weight excluding hydrogens is 268 g/mol. The van der Waals surface area contributed by atoms with Crippen molar-refractivity contribution in [2.45, 2.75) is 45.1 Å². The highest BCUT2D eigenvalue weighted by molar-refractivity contribution is 5.85. The summed E-state index contributed by atoms with van der Waals surface area (Å²) in [6, 6.07) is 0.398. The first kappa shape index (κ1) is 16.3. The van der Waals surface area contributed by atoms with Gasteiger partial charge in [0.05, 0.1) is 11.8 Å². The minimum Gasteiger partial charge on any atom is -0.481 e. The minimum absolute atomic E-state index is 0.0740. The average Bonchev–Trinajstić information content (AvgIpc) is 2.91. The third kappa shape index (κ3) is 3.57. The molecule has 1 aliphatic carbocycles. The zero-order chi connectivity index (χ0) is 15.6. The van der Waals surface area contributed by atoms with Gasteiger partial charge in [-0.25, -0.2) is 0 Å². The minimum atomic E-state index is -0.800. The number of carbonyl (C=O) groups excluding carboxylic acids is 1. The van der Waals surface area contributed by atoms with Crippen molar-refractivity contribution in [2.24, 2.45) is 17.8 Å². The molecule has 21 heavy (non-hydrogen) atoms.